The summed E-state index contributed by atoms with van der Waals surface area (Å²) in [5, 5.41) is 2.70. The van der Waals surface area contributed by atoms with Gasteiger partial charge in [-0.25, -0.2) is 9.97 Å². The highest BCUT2D eigenvalue weighted by Gasteiger charge is 2.33. The van der Waals surface area contributed by atoms with E-state index in [1.54, 1.807) is 16.2 Å². The molecule has 1 amide bonds. The summed E-state index contributed by atoms with van der Waals surface area (Å²) in [6.07, 6.45) is 1.26. The molecule has 0 atom stereocenters. The highest BCUT2D eigenvalue weighted by Crippen LogP contribution is 2.37. The van der Waals surface area contributed by atoms with Gasteiger partial charge in [0.15, 0.2) is 0 Å². The van der Waals surface area contributed by atoms with E-state index < -0.39 is 11.4 Å². The lowest BCUT2D eigenvalue weighted by atomic mass is 10.2. The molecule has 3 aromatic rings. The van der Waals surface area contributed by atoms with E-state index in [9.17, 15) is 18.0 Å². The number of amides is 1. The van der Waals surface area contributed by atoms with Crippen molar-refractivity contribution >= 4 is 29.0 Å². The molecule has 31 heavy (non-hydrogen) atoms. The molecule has 0 unspecified atom stereocenters. The Hall–Kier alpha value is -2.43. The minimum absolute atomic E-state index is 0.00900. The number of carbonyl (C=O) groups excluding carboxylic acids is 1. The third kappa shape index (κ3) is 5.63. The van der Waals surface area contributed by atoms with Crippen LogP contribution in [-0.4, -0.2) is 57.4 Å². The Morgan fingerprint density at radius 3 is 2.52 bits per heavy atom. The number of rotatable bonds is 5. The first kappa shape index (κ1) is 21.8. The maximum Gasteiger partial charge on any atom is 0.447 e. The second-order valence-corrected chi connectivity index (χ2v) is 8.89. The highest BCUT2D eigenvalue weighted by atomic mass is 32.2. The summed E-state index contributed by atoms with van der Waals surface area (Å²) < 4.78 is 38.3. The van der Waals surface area contributed by atoms with Crippen LogP contribution in [0.5, 0.6) is 0 Å². The maximum atomic E-state index is 12.8. The minimum atomic E-state index is -4.49. The van der Waals surface area contributed by atoms with E-state index in [1.165, 1.54) is 18.3 Å². The van der Waals surface area contributed by atoms with Crippen molar-refractivity contribution in [1.82, 2.24) is 19.8 Å². The second kappa shape index (κ2) is 9.37. The number of thioether (sulfide) groups is 1. The topological polar surface area (TPSA) is 49.3 Å². The fourth-order valence-corrected chi connectivity index (χ4v) is 4.76. The second-order valence-electron chi connectivity index (χ2n) is 6.98. The summed E-state index contributed by atoms with van der Waals surface area (Å²) in [4.78, 5) is 25.0. The Kier molecular flexibility index (Phi) is 6.59. The van der Waals surface area contributed by atoms with Gasteiger partial charge in [0.1, 0.15) is 10.0 Å². The van der Waals surface area contributed by atoms with E-state index in [1.807, 2.05) is 35.7 Å². The molecule has 0 N–H and O–H groups in total. The molecule has 1 aromatic carbocycles. The van der Waals surface area contributed by atoms with Gasteiger partial charge in [-0.3, -0.25) is 9.69 Å². The Morgan fingerprint density at radius 2 is 1.81 bits per heavy atom. The van der Waals surface area contributed by atoms with Gasteiger partial charge in [0.25, 0.3) is 5.91 Å². The summed E-state index contributed by atoms with van der Waals surface area (Å²) in [5.41, 5.74) is -2.45. The van der Waals surface area contributed by atoms with Crippen LogP contribution in [0.1, 0.15) is 16.1 Å². The average Bonchev–Trinajstić information content (AvgIpc) is 3.22. The van der Waals surface area contributed by atoms with Crippen molar-refractivity contribution in [1.29, 1.82) is 0 Å². The first-order chi connectivity index (χ1) is 14.9. The molecule has 0 saturated carbocycles. The molecule has 0 bridgehead atoms. The van der Waals surface area contributed by atoms with Crippen molar-refractivity contribution < 1.29 is 18.0 Å². The first-order valence-electron chi connectivity index (χ1n) is 9.61. The number of piperazine rings is 1. The minimum Gasteiger partial charge on any atom is -0.336 e. The van der Waals surface area contributed by atoms with Crippen LogP contribution < -0.4 is 0 Å². The zero-order valence-corrected chi connectivity index (χ0v) is 18.0. The van der Waals surface area contributed by atoms with E-state index in [0.29, 0.717) is 32.7 Å². The lowest BCUT2D eigenvalue weighted by Gasteiger charge is -2.34. The molecule has 162 valence electrons. The maximum absolute atomic E-state index is 12.8. The molecular formula is C21H19F3N4OS2. The van der Waals surface area contributed by atoms with Gasteiger partial charge in [-0.2, -0.15) is 13.2 Å². The van der Waals surface area contributed by atoms with Crippen LogP contribution in [0.2, 0.25) is 0 Å². The molecule has 2 aromatic heterocycles. The molecule has 0 spiro atoms. The van der Waals surface area contributed by atoms with Crippen molar-refractivity contribution in [2.75, 3.05) is 26.2 Å². The van der Waals surface area contributed by atoms with Gasteiger partial charge in [0.05, 0.1) is 11.3 Å². The monoisotopic (exact) mass is 464 g/mol. The van der Waals surface area contributed by atoms with Gasteiger partial charge in [0, 0.05) is 61.6 Å². The van der Waals surface area contributed by atoms with Crippen LogP contribution in [-0.2, 0) is 6.54 Å². The summed E-state index contributed by atoms with van der Waals surface area (Å²) in [6.45, 7) is 2.82. The first-order valence-corrected chi connectivity index (χ1v) is 11.3. The number of alkyl halides is 3. The summed E-state index contributed by atoms with van der Waals surface area (Å²) in [6, 6.07) is 12.9. The summed E-state index contributed by atoms with van der Waals surface area (Å²) in [5.74, 6) is -0.417. The van der Waals surface area contributed by atoms with Crippen LogP contribution in [0.25, 0.3) is 10.6 Å². The molecule has 0 radical (unpaired) electrons. The number of hydrogen-bond acceptors (Lipinski definition) is 6. The van der Waals surface area contributed by atoms with Crippen molar-refractivity contribution in [3.8, 4) is 10.6 Å². The number of thiazole rings is 1. The standard InChI is InChI=1S/C21H19F3N4OS2/c22-21(23,24)31-19-17(7-4-8-25-19)20(29)28-11-9-27(10-12-28)13-16-14-30-18(26-16)15-5-2-1-3-6-15/h1-8,14H,9-13H2. The van der Waals surface area contributed by atoms with Gasteiger partial charge < -0.3 is 4.90 Å². The van der Waals surface area contributed by atoms with Crippen molar-refractivity contribution in [3.05, 3.63) is 65.3 Å². The number of benzene rings is 1. The molecule has 1 fully saturated rings. The molecule has 1 saturated heterocycles. The van der Waals surface area contributed by atoms with E-state index in [2.05, 4.69) is 9.88 Å². The van der Waals surface area contributed by atoms with Gasteiger partial charge in [0.2, 0.25) is 0 Å². The molecule has 4 rings (SSSR count). The van der Waals surface area contributed by atoms with Gasteiger partial charge in [-0.15, -0.1) is 11.3 Å². The lowest BCUT2D eigenvalue weighted by molar-refractivity contribution is -0.0329. The van der Waals surface area contributed by atoms with Crippen LogP contribution in [0.15, 0.2) is 59.1 Å². The average molecular weight is 465 g/mol. The van der Waals surface area contributed by atoms with Gasteiger partial charge >= 0.3 is 5.51 Å². The molecular weight excluding hydrogens is 445 g/mol. The number of pyridine rings is 1. The number of hydrogen-bond donors (Lipinski definition) is 0. The zero-order chi connectivity index (χ0) is 21.8. The van der Waals surface area contributed by atoms with E-state index in [-0.39, 0.29) is 22.4 Å². The molecule has 0 aliphatic carbocycles. The van der Waals surface area contributed by atoms with Gasteiger partial charge in [-0.1, -0.05) is 30.3 Å². The Bertz CT molecular complexity index is 1030. The lowest BCUT2D eigenvalue weighted by Crippen LogP contribution is -2.48. The van der Waals surface area contributed by atoms with Crippen LogP contribution in [0, 0.1) is 0 Å². The Balaban J connectivity index is 1.35. The molecule has 1 aliphatic rings. The Morgan fingerprint density at radius 1 is 1.06 bits per heavy atom. The number of carbonyl (C=O) groups is 1. The number of nitrogens with zero attached hydrogens (tertiary/aromatic N) is 4. The van der Waals surface area contributed by atoms with Gasteiger partial charge in [-0.05, 0) is 12.1 Å². The summed E-state index contributed by atoms with van der Waals surface area (Å²) >= 11 is 1.24. The van der Waals surface area contributed by atoms with Crippen molar-refractivity contribution in [2.24, 2.45) is 0 Å². The highest BCUT2D eigenvalue weighted by molar-refractivity contribution is 8.00. The predicted molar refractivity (Wildman–Crippen MR) is 115 cm³/mol. The fourth-order valence-electron chi connectivity index (χ4n) is 3.35. The number of halogens is 3. The molecule has 3 heterocycles. The zero-order valence-electron chi connectivity index (χ0n) is 16.4. The third-order valence-corrected chi connectivity index (χ3v) is 6.52. The quantitative estimate of drug-likeness (QED) is 0.509. The molecule has 1 aliphatic heterocycles. The van der Waals surface area contributed by atoms with E-state index >= 15 is 0 Å². The molecule has 10 heteroatoms. The fraction of sp³-hybridized carbons (Fsp3) is 0.286. The van der Waals surface area contributed by atoms with Crippen LogP contribution in [0.4, 0.5) is 13.2 Å². The van der Waals surface area contributed by atoms with Crippen LogP contribution in [0.3, 0.4) is 0 Å². The van der Waals surface area contributed by atoms with Crippen LogP contribution >= 0.6 is 23.1 Å². The third-order valence-electron chi connectivity index (χ3n) is 4.83. The normalized spacial score (nSPS) is 15.3. The van der Waals surface area contributed by atoms with E-state index in [0.717, 1.165) is 16.3 Å². The molecule has 5 nitrogen and oxygen atoms in total. The number of aromatic nitrogens is 2. The smallest absolute Gasteiger partial charge is 0.336 e. The van der Waals surface area contributed by atoms with Crippen molar-refractivity contribution in [3.63, 3.8) is 0 Å². The summed E-state index contributed by atoms with van der Waals surface area (Å²) in [7, 11) is 0. The Labute approximate surface area is 185 Å². The van der Waals surface area contributed by atoms with Crippen molar-refractivity contribution in [2.45, 2.75) is 17.1 Å². The SMILES string of the molecule is O=C(c1cccnc1SC(F)(F)F)N1CCN(Cc2csc(-c3ccccc3)n2)CC1. The predicted octanol–water partition coefficient (Wildman–Crippen LogP) is 4.78. The largest absolute Gasteiger partial charge is 0.447 e. The van der Waals surface area contributed by atoms with E-state index in [4.69, 9.17) is 4.98 Å².